The molecule has 0 fully saturated rings. The number of rotatable bonds is 6. The Morgan fingerprint density at radius 2 is 2.00 bits per heavy atom. The van der Waals surface area contributed by atoms with Gasteiger partial charge in [-0.3, -0.25) is 0 Å². The summed E-state index contributed by atoms with van der Waals surface area (Å²) >= 11 is 1.54. The zero-order chi connectivity index (χ0) is 11.8. The topological polar surface area (TPSA) is 24.5 Å². The van der Waals surface area contributed by atoms with E-state index in [-0.39, 0.29) is 0 Å². The minimum Gasteiger partial charge on any atom is -0.499 e. The highest BCUT2D eigenvalue weighted by atomic mass is 32.2. The average Bonchev–Trinajstić information content (AvgIpc) is 2.22. The van der Waals surface area contributed by atoms with Crippen LogP contribution in [-0.4, -0.2) is 25.5 Å². The number of ether oxygens (including phenoxy) is 1. The third-order valence-corrected chi connectivity index (χ3v) is 2.65. The van der Waals surface area contributed by atoms with Crippen LogP contribution in [0.2, 0.25) is 0 Å². The van der Waals surface area contributed by atoms with Crippen LogP contribution in [0.15, 0.2) is 23.1 Å². The molecule has 3 nitrogen and oxygen atoms in total. The predicted molar refractivity (Wildman–Crippen MR) is 68.2 cm³/mol. The van der Waals surface area contributed by atoms with Crippen LogP contribution in [0.3, 0.4) is 0 Å². The van der Waals surface area contributed by atoms with Crippen molar-refractivity contribution in [1.29, 1.82) is 0 Å². The third-order valence-electron chi connectivity index (χ3n) is 1.97. The van der Waals surface area contributed by atoms with Gasteiger partial charge < -0.3 is 9.46 Å². The first-order chi connectivity index (χ1) is 7.01. The van der Waals surface area contributed by atoms with Gasteiger partial charge in [-0.05, 0) is 40.4 Å². The van der Waals surface area contributed by atoms with Crippen LogP contribution < -0.4 is 4.72 Å². The minimum atomic E-state index is 0.900. The molecule has 0 saturated carbocycles. The van der Waals surface area contributed by atoms with Gasteiger partial charge in [-0.1, -0.05) is 12.5 Å². The molecule has 0 aromatic carbocycles. The zero-order valence-corrected chi connectivity index (χ0v) is 11.4. The van der Waals surface area contributed by atoms with Crippen LogP contribution in [-0.2, 0) is 4.74 Å². The molecule has 0 radical (unpaired) electrons. The van der Waals surface area contributed by atoms with Crippen molar-refractivity contribution in [3.63, 3.8) is 0 Å². The molecule has 0 saturated heterocycles. The van der Waals surface area contributed by atoms with Gasteiger partial charge in [0.1, 0.15) is 5.76 Å². The molecular weight excluding hydrogens is 208 g/mol. The van der Waals surface area contributed by atoms with Gasteiger partial charge in [0.2, 0.25) is 0 Å². The highest BCUT2D eigenvalue weighted by Crippen LogP contribution is 2.12. The fraction of sp³-hybridized carbons (Fsp3) is 0.636. The molecule has 88 valence electrons. The summed E-state index contributed by atoms with van der Waals surface area (Å²) in [6.45, 7) is 6.22. The molecule has 0 aliphatic heterocycles. The summed E-state index contributed by atoms with van der Waals surface area (Å²) in [6.07, 6.45) is 3.17. The first kappa shape index (κ1) is 14.4. The number of hydrogen-bond acceptors (Lipinski definition) is 4. The van der Waals surface area contributed by atoms with Crippen molar-refractivity contribution >= 4 is 12.1 Å². The molecule has 0 aromatic rings. The summed E-state index contributed by atoms with van der Waals surface area (Å²) < 4.78 is 10.5. The van der Waals surface area contributed by atoms with Crippen molar-refractivity contribution in [3.8, 4) is 0 Å². The Morgan fingerprint density at radius 1 is 1.40 bits per heavy atom. The van der Waals surface area contributed by atoms with E-state index in [1.54, 1.807) is 7.11 Å². The Balaban J connectivity index is 4.61. The SMILES string of the molecule is CC/C(C)=C\C(NSN(C)C)=C(/C)OC. The number of hydrogen-bond donors (Lipinski definition) is 1. The minimum absolute atomic E-state index is 0.900. The van der Waals surface area contributed by atoms with Crippen molar-refractivity contribution < 1.29 is 4.74 Å². The van der Waals surface area contributed by atoms with E-state index in [9.17, 15) is 0 Å². The van der Waals surface area contributed by atoms with Gasteiger partial charge in [0.25, 0.3) is 0 Å². The van der Waals surface area contributed by atoms with E-state index in [0.717, 1.165) is 17.9 Å². The maximum atomic E-state index is 5.23. The molecule has 0 heterocycles. The molecule has 0 unspecified atom stereocenters. The van der Waals surface area contributed by atoms with Crippen molar-refractivity contribution in [3.05, 3.63) is 23.1 Å². The van der Waals surface area contributed by atoms with E-state index in [2.05, 4.69) is 24.6 Å². The fourth-order valence-electron chi connectivity index (χ4n) is 0.802. The van der Waals surface area contributed by atoms with Crippen molar-refractivity contribution in [1.82, 2.24) is 9.03 Å². The highest BCUT2D eigenvalue weighted by molar-refractivity contribution is 7.95. The lowest BCUT2D eigenvalue weighted by Gasteiger charge is -2.14. The van der Waals surface area contributed by atoms with Crippen molar-refractivity contribution in [2.75, 3.05) is 21.2 Å². The standard InChI is InChI=1S/C11H22N2OS/c1-7-9(2)8-11(10(3)14-6)12-15-13(4)5/h8,12H,7H2,1-6H3/b9-8-,11-10-. The summed E-state index contributed by atoms with van der Waals surface area (Å²) in [4.78, 5) is 0. The van der Waals surface area contributed by atoms with E-state index >= 15 is 0 Å². The maximum absolute atomic E-state index is 5.23. The monoisotopic (exact) mass is 230 g/mol. The lowest BCUT2D eigenvalue weighted by Crippen LogP contribution is -2.13. The molecule has 0 rings (SSSR count). The van der Waals surface area contributed by atoms with Gasteiger partial charge in [-0.15, -0.1) is 0 Å². The van der Waals surface area contributed by atoms with Gasteiger partial charge >= 0.3 is 0 Å². The van der Waals surface area contributed by atoms with E-state index < -0.39 is 0 Å². The Bertz CT molecular complexity index is 247. The van der Waals surface area contributed by atoms with E-state index in [1.165, 1.54) is 17.7 Å². The summed E-state index contributed by atoms with van der Waals surface area (Å²) in [5, 5.41) is 0. The second-order valence-corrected chi connectivity index (χ2v) is 4.64. The van der Waals surface area contributed by atoms with Gasteiger partial charge in [-0.25, -0.2) is 4.31 Å². The first-order valence-electron chi connectivity index (χ1n) is 5.03. The molecule has 4 heteroatoms. The maximum Gasteiger partial charge on any atom is 0.116 e. The molecule has 1 N–H and O–H groups in total. The highest BCUT2D eigenvalue weighted by Gasteiger charge is 2.01. The predicted octanol–water partition coefficient (Wildman–Crippen LogP) is 2.94. The second kappa shape index (κ2) is 7.65. The lowest BCUT2D eigenvalue weighted by atomic mass is 10.2. The van der Waals surface area contributed by atoms with Gasteiger partial charge in [0.05, 0.1) is 12.8 Å². The number of methoxy groups -OCH3 is 1. The van der Waals surface area contributed by atoms with Crippen molar-refractivity contribution in [2.45, 2.75) is 27.2 Å². The van der Waals surface area contributed by atoms with Gasteiger partial charge in [0.15, 0.2) is 0 Å². The van der Waals surface area contributed by atoms with Gasteiger partial charge in [0, 0.05) is 12.1 Å². The Labute approximate surface area is 97.8 Å². The smallest absolute Gasteiger partial charge is 0.116 e. The Kier molecular flexibility index (Phi) is 7.34. The molecule has 0 aromatic heterocycles. The van der Waals surface area contributed by atoms with Crippen LogP contribution in [0.1, 0.15) is 27.2 Å². The first-order valence-corrected chi connectivity index (χ1v) is 5.80. The van der Waals surface area contributed by atoms with E-state index in [4.69, 9.17) is 4.74 Å². The van der Waals surface area contributed by atoms with Crippen LogP contribution in [0, 0.1) is 0 Å². The van der Waals surface area contributed by atoms with Crippen LogP contribution in [0.25, 0.3) is 0 Å². The largest absolute Gasteiger partial charge is 0.499 e. The summed E-state index contributed by atoms with van der Waals surface area (Å²) in [6, 6.07) is 0. The van der Waals surface area contributed by atoms with Crippen LogP contribution in [0.4, 0.5) is 0 Å². The summed E-state index contributed by atoms with van der Waals surface area (Å²) in [5.41, 5.74) is 2.35. The molecule has 15 heavy (non-hydrogen) atoms. The van der Waals surface area contributed by atoms with Crippen molar-refractivity contribution in [2.24, 2.45) is 0 Å². The third kappa shape index (κ3) is 6.47. The van der Waals surface area contributed by atoms with E-state index in [1.807, 2.05) is 25.3 Å². The second-order valence-electron chi connectivity index (χ2n) is 3.52. The normalized spacial score (nSPS) is 13.9. The summed E-state index contributed by atoms with van der Waals surface area (Å²) in [7, 11) is 5.67. The molecule has 0 aliphatic rings. The summed E-state index contributed by atoms with van der Waals surface area (Å²) in [5.74, 6) is 0.900. The van der Waals surface area contributed by atoms with Crippen LogP contribution in [0.5, 0.6) is 0 Å². The molecule has 0 atom stereocenters. The molecule has 0 aliphatic carbocycles. The number of allylic oxidation sites excluding steroid dienone is 3. The lowest BCUT2D eigenvalue weighted by molar-refractivity contribution is 0.289. The molecule has 0 bridgehead atoms. The van der Waals surface area contributed by atoms with Gasteiger partial charge in [-0.2, -0.15) is 0 Å². The molecule has 0 spiro atoms. The Morgan fingerprint density at radius 3 is 2.40 bits per heavy atom. The quantitative estimate of drug-likeness (QED) is 0.431. The average molecular weight is 230 g/mol. The van der Waals surface area contributed by atoms with E-state index in [0.29, 0.717) is 0 Å². The Hall–Kier alpha value is -0.610. The molecule has 0 amide bonds. The fourth-order valence-corrected chi connectivity index (χ4v) is 1.29. The zero-order valence-electron chi connectivity index (χ0n) is 10.5. The number of nitrogens with zero attached hydrogens (tertiary/aromatic N) is 1. The molecular formula is C11H22N2OS. The van der Waals surface area contributed by atoms with Crippen LogP contribution >= 0.6 is 12.1 Å². The number of nitrogens with one attached hydrogen (secondary N) is 1.